The Balaban J connectivity index is 1.23. The predicted octanol–water partition coefficient (Wildman–Crippen LogP) is 8.56. The third kappa shape index (κ3) is 4.43. The number of ether oxygens (including phenoxy) is 3. The van der Waals surface area contributed by atoms with Crippen LogP contribution in [0.15, 0.2) is 0 Å². The monoisotopic (exact) mass is 502 g/mol. The molecule has 5 rings (SSSR count). The van der Waals surface area contributed by atoms with Gasteiger partial charge < -0.3 is 14.2 Å². The molecule has 0 radical (unpaired) electrons. The summed E-state index contributed by atoms with van der Waals surface area (Å²) in [5.74, 6) is 5.04. The number of hydrogen-bond donors (Lipinski definition) is 0. The van der Waals surface area contributed by atoms with Gasteiger partial charge in [-0.15, -0.1) is 0 Å². The van der Waals surface area contributed by atoms with Crippen molar-refractivity contribution in [3.8, 4) is 0 Å². The molecule has 1 heterocycles. The minimum Gasteiger partial charge on any atom is -0.434 e. The number of hydrogen-bond acceptors (Lipinski definition) is 4. The molecule has 0 bridgehead atoms. The van der Waals surface area contributed by atoms with E-state index in [2.05, 4.69) is 41.5 Å². The van der Waals surface area contributed by atoms with E-state index < -0.39 is 6.16 Å². The minimum atomic E-state index is -0.479. The highest BCUT2D eigenvalue weighted by Gasteiger charge is 2.76. The maximum atomic E-state index is 12.2. The van der Waals surface area contributed by atoms with Gasteiger partial charge in [-0.3, -0.25) is 0 Å². The molecule has 1 spiro atoms. The number of epoxide rings is 1. The van der Waals surface area contributed by atoms with Gasteiger partial charge in [-0.05, 0) is 92.3 Å². The molecule has 5 aliphatic rings. The smallest absolute Gasteiger partial charge is 0.434 e. The molecule has 36 heavy (non-hydrogen) atoms. The van der Waals surface area contributed by atoms with Crippen LogP contribution in [-0.2, 0) is 14.2 Å². The summed E-state index contributed by atoms with van der Waals surface area (Å²) in [5, 5.41) is 0. The normalized spacial score (nSPS) is 45.8. The Morgan fingerprint density at radius 2 is 1.81 bits per heavy atom. The fraction of sp³-hybridized carbons (Fsp3) is 0.969. The molecular formula is C32H54O4. The molecule has 4 saturated carbocycles. The van der Waals surface area contributed by atoms with Gasteiger partial charge in [-0.2, -0.15) is 0 Å². The van der Waals surface area contributed by atoms with E-state index in [9.17, 15) is 4.79 Å². The second-order valence-electron chi connectivity index (χ2n) is 14.5. The summed E-state index contributed by atoms with van der Waals surface area (Å²) < 4.78 is 17.8. The third-order valence-corrected chi connectivity index (χ3v) is 12.2. The van der Waals surface area contributed by atoms with Gasteiger partial charge in [0, 0.05) is 11.8 Å². The summed E-state index contributed by atoms with van der Waals surface area (Å²) in [4.78, 5) is 12.2. The van der Waals surface area contributed by atoms with E-state index in [1.807, 2.05) is 0 Å². The van der Waals surface area contributed by atoms with Crippen molar-refractivity contribution in [2.24, 2.45) is 46.3 Å². The average molecular weight is 503 g/mol. The van der Waals surface area contributed by atoms with Gasteiger partial charge in [0.05, 0.1) is 12.7 Å². The number of carbonyl (C=O) groups is 1. The van der Waals surface area contributed by atoms with Crippen molar-refractivity contribution in [2.45, 2.75) is 143 Å². The highest BCUT2D eigenvalue weighted by Crippen LogP contribution is 2.74. The molecule has 0 aromatic carbocycles. The van der Waals surface area contributed by atoms with Crippen molar-refractivity contribution in [3.05, 3.63) is 0 Å². The van der Waals surface area contributed by atoms with Crippen LogP contribution in [0.2, 0.25) is 0 Å². The number of rotatable bonds is 9. The van der Waals surface area contributed by atoms with Crippen molar-refractivity contribution in [3.63, 3.8) is 0 Å². The Morgan fingerprint density at radius 1 is 1.00 bits per heavy atom. The van der Waals surface area contributed by atoms with Gasteiger partial charge in [0.25, 0.3) is 0 Å². The molecule has 0 amide bonds. The molecule has 4 heteroatoms. The predicted molar refractivity (Wildman–Crippen MR) is 144 cm³/mol. The fourth-order valence-electron chi connectivity index (χ4n) is 10.2. The molecule has 10 atom stereocenters. The first-order valence-corrected chi connectivity index (χ1v) is 15.7. The topological polar surface area (TPSA) is 48.1 Å². The van der Waals surface area contributed by atoms with E-state index in [0.717, 1.165) is 67.6 Å². The van der Waals surface area contributed by atoms with Crippen molar-refractivity contribution >= 4 is 6.16 Å². The third-order valence-electron chi connectivity index (χ3n) is 12.2. The van der Waals surface area contributed by atoms with Gasteiger partial charge in [-0.1, -0.05) is 67.2 Å². The fourth-order valence-corrected chi connectivity index (χ4v) is 10.2. The molecule has 1 saturated heterocycles. The standard InChI is InChI=1S/C32H54O4/c1-7-8-18-34-29(33)35-23-14-17-31(6)27-15-16-30(5)25(22(4)11-9-10-21(2)3)12-13-26(30)24(27)19-28-32(31,20-23)36-28/h21-28H,7-20H2,1-6H3/t22-,23+,24+,25-,26+,27+,28-,30-,31-,32?/m1/s1. The van der Waals surface area contributed by atoms with Crippen LogP contribution in [0, 0.1) is 46.3 Å². The first kappa shape index (κ1) is 26.8. The quantitative estimate of drug-likeness (QED) is 0.180. The largest absolute Gasteiger partial charge is 0.508 e. The Hall–Kier alpha value is -0.770. The Kier molecular flexibility index (Phi) is 7.51. The average Bonchev–Trinajstić information content (AvgIpc) is 3.40. The lowest BCUT2D eigenvalue weighted by atomic mass is 9.44. The van der Waals surface area contributed by atoms with Crippen LogP contribution >= 0.6 is 0 Å². The minimum absolute atomic E-state index is 0.0508. The lowest BCUT2D eigenvalue weighted by Crippen LogP contribution is -2.59. The van der Waals surface area contributed by atoms with Crippen LogP contribution in [0.3, 0.4) is 0 Å². The van der Waals surface area contributed by atoms with Crippen LogP contribution in [-0.4, -0.2) is 30.6 Å². The SMILES string of the molecule is CCCCOC(=O)O[C@H]1CC[C@]2(C)[C@H]3CC[C@]4(C)[C@@H]([C@H](C)CCCC(C)C)CC[C@H]4[C@@H]3C[C@H]3OC32C1. The molecule has 0 N–H and O–H groups in total. The van der Waals surface area contributed by atoms with E-state index in [1.54, 1.807) is 0 Å². The first-order chi connectivity index (χ1) is 17.1. The zero-order valence-electron chi connectivity index (χ0n) is 24.2. The van der Waals surface area contributed by atoms with Crippen LogP contribution in [0.25, 0.3) is 0 Å². The molecule has 4 aliphatic carbocycles. The van der Waals surface area contributed by atoms with Gasteiger partial charge in [0.15, 0.2) is 0 Å². The van der Waals surface area contributed by atoms with Crippen LogP contribution in [0.5, 0.6) is 0 Å². The lowest BCUT2D eigenvalue weighted by molar-refractivity contribution is -0.120. The van der Waals surface area contributed by atoms with Crippen LogP contribution in [0.4, 0.5) is 4.79 Å². The molecule has 5 fully saturated rings. The lowest BCUT2D eigenvalue weighted by Gasteiger charge is -2.59. The molecule has 0 aromatic heterocycles. The first-order valence-electron chi connectivity index (χ1n) is 15.7. The number of carbonyl (C=O) groups excluding carboxylic acids is 1. The maximum absolute atomic E-state index is 12.2. The van der Waals surface area contributed by atoms with Gasteiger partial charge in [0.1, 0.15) is 11.7 Å². The molecular weight excluding hydrogens is 448 g/mol. The van der Waals surface area contributed by atoms with E-state index >= 15 is 0 Å². The van der Waals surface area contributed by atoms with E-state index in [-0.39, 0.29) is 17.1 Å². The van der Waals surface area contributed by atoms with Gasteiger partial charge in [0.2, 0.25) is 0 Å². The number of unbranched alkanes of at least 4 members (excludes halogenated alkanes) is 1. The summed E-state index contributed by atoms with van der Waals surface area (Å²) in [6, 6.07) is 0. The van der Waals surface area contributed by atoms with Crippen molar-refractivity contribution in [2.75, 3.05) is 6.61 Å². The molecule has 0 aromatic rings. The zero-order chi connectivity index (χ0) is 25.7. The number of fused-ring (bicyclic) bond motifs is 4. The van der Waals surface area contributed by atoms with Crippen molar-refractivity contribution in [1.82, 2.24) is 0 Å². The highest BCUT2D eigenvalue weighted by molar-refractivity contribution is 5.60. The Morgan fingerprint density at radius 3 is 2.56 bits per heavy atom. The Labute approximate surface area is 221 Å². The second-order valence-corrected chi connectivity index (χ2v) is 14.5. The molecule has 4 nitrogen and oxygen atoms in total. The highest BCUT2D eigenvalue weighted by atomic mass is 16.7. The second kappa shape index (κ2) is 10.1. The Bertz CT molecular complexity index is 795. The van der Waals surface area contributed by atoms with Crippen LogP contribution < -0.4 is 0 Å². The van der Waals surface area contributed by atoms with E-state index in [0.29, 0.717) is 18.1 Å². The van der Waals surface area contributed by atoms with Crippen molar-refractivity contribution < 1.29 is 19.0 Å². The van der Waals surface area contributed by atoms with Crippen molar-refractivity contribution in [1.29, 1.82) is 0 Å². The molecule has 1 unspecified atom stereocenters. The van der Waals surface area contributed by atoms with Gasteiger partial charge in [-0.25, -0.2) is 4.79 Å². The zero-order valence-corrected chi connectivity index (χ0v) is 24.2. The summed E-state index contributed by atoms with van der Waals surface area (Å²) in [6.07, 6.45) is 15.8. The van der Waals surface area contributed by atoms with E-state index in [1.165, 1.54) is 51.4 Å². The van der Waals surface area contributed by atoms with Crippen LogP contribution in [0.1, 0.15) is 125 Å². The summed E-state index contributed by atoms with van der Waals surface area (Å²) >= 11 is 0. The van der Waals surface area contributed by atoms with E-state index in [4.69, 9.17) is 14.2 Å². The summed E-state index contributed by atoms with van der Waals surface area (Å²) in [5.41, 5.74) is 0.692. The summed E-state index contributed by atoms with van der Waals surface area (Å²) in [6.45, 7) is 15.1. The molecule has 206 valence electrons. The maximum Gasteiger partial charge on any atom is 0.508 e. The molecule has 1 aliphatic heterocycles. The summed E-state index contributed by atoms with van der Waals surface area (Å²) in [7, 11) is 0. The van der Waals surface area contributed by atoms with Gasteiger partial charge >= 0.3 is 6.16 Å².